The van der Waals surface area contributed by atoms with Crippen LogP contribution < -0.4 is 0 Å². The van der Waals surface area contributed by atoms with Crippen molar-refractivity contribution < 1.29 is 0 Å². The molecule has 2 rings (SSSR count). The first-order valence-corrected chi connectivity index (χ1v) is 6.10. The zero-order chi connectivity index (χ0) is 9.26. The Bertz CT molecular complexity index is 293. The molecule has 0 radical (unpaired) electrons. The summed E-state index contributed by atoms with van der Waals surface area (Å²) in [5.41, 5.74) is 3.14. The lowest BCUT2D eigenvalue weighted by molar-refractivity contribution is 0.533. The lowest BCUT2D eigenvalue weighted by Gasteiger charge is -2.28. The van der Waals surface area contributed by atoms with Gasteiger partial charge >= 0.3 is 0 Å². The van der Waals surface area contributed by atoms with Crippen molar-refractivity contribution in [1.29, 1.82) is 0 Å². The predicted molar refractivity (Wildman–Crippen MR) is 60.6 cm³/mol. The van der Waals surface area contributed by atoms with Gasteiger partial charge in [-0.2, -0.15) is 0 Å². The van der Waals surface area contributed by atoms with Crippen molar-refractivity contribution in [3.8, 4) is 0 Å². The van der Waals surface area contributed by atoms with Crippen LogP contribution in [0.2, 0.25) is 0 Å². The summed E-state index contributed by atoms with van der Waals surface area (Å²) in [5, 5.41) is 1.11. The Morgan fingerprint density at radius 2 is 1.92 bits per heavy atom. The molecule has 0 amide bonds. The van der Waals surface area contributed by atoms with Gasteiger partial charge in [0.05, 0.1) is 0 Å². The zero-order valence-electron chi connectivity index (χ0n) is 7.96. The standard InChI is InChI=1S/C12H15Br/c1-9-6-7-10(8-13)12-5-3-2-4-11(9)12/h2-5,9-10H,6-8H2,1H3. The summed E-state index contributed by atoms with van der Waals surface area (Å²) in [6.07, 6.45) is 2.68. The maximum atomic E-state index is 3.60. The van der Waals surface area contributed by atoms with Crippen LogP contribution in [0.3, 0.4) is 0 Å². The van der Waals surface area contributed by atoms with Crippen LogP contribution in [0.1, 0.15) is 42.7 Å². The van der Waals surface area contributed by atoms with Crippen LogP contribution in [-0.4, -0.2) is 5.33 Å². The number of halogens is 1. The molecule has 0 aliphatic heterocycles. The summed E-state index contributed by atoms with van der Waals surface area (Å²) in [6, 6.07) is 8.89. The van der Waals surface area contributed by atoms with E-state index in [9.17, 15) is 0 Å². The summed E-state index contributed by atoms with van der Waals surface area (Å²) in [7, 11) is 0. The molecule has 2 unspecified atom stereocenters. The minimum Gasteiger partial charge on any atom is -0.0921 e. The van der Waals surface area contributed by atoms with Gasteiger partial charge in [-0.05, 0) is 35.8 Å². The van der Waals surface area contributed by atoms with E-state index >= 15 is 0 Å². The molecule has 70 valence electrons. The lowest BCUT2D eigenvalue weighted by atomic mass is 9.78. The fourth-order valence-electron chi connectivity index (χ4n) is 2.25. The normalized spacial score (nSPS) is 26.9. The van der Waals surface area contributed by atoms with Gasteiger partial charge in [-0.25, -0.2) is 0 Å². The van der Waals surface area contributed by atoms with Crippen molar-refractivity contribution in [2.45, 2.75) is 31.6 Å². The molecule has 0 N–H and O–H groups in total. The highest BCUT2D eigenvalue weighted by Crippen LogP contribution is 2.38. The average molecular weight is 239 g/mol. The predicted octanol–water partition coefficient (Wildman–Crippen LogP) is 4.06. The fourth-order valence-corrected chi connectivity index (χ4v) is 2.93. The number of hydrogen-bond donors (Lipinski definition) is 0. The Morgan fingerprint density at radius 1 is 1.23 bits per heavy atom. The zero-order valence-corrected chi connectivity index (χ0v) is 9.55. The first kappa shape index (κ1) is 9.26. The quantitative estimate of drug-likeness (QED) is 0.648. The summed E-state index contributed by atoms with van der Waals surface area (Å²) < 4.78 is 0. The highest BCUT2D eigenvalue weighted by Gasteiger charge is 2.22. The number of alkyl halides is 1. The van der Waals surface area contributed by atoms with Crippen molar-refractivity contribution in [1.82, 2.24) is 0 Å². The molecular weight excluding hydrogens is 224 g/mol. The van der Waals surface area contributed by atoms with E-state index in [4.69, 9.17) is 0 Å². The van der Waals surface area contributed by atoms with E-state index in [-0.39, 0.29) is 0 Å². The fraction of sp³-hybridized carbons (Fsp3) is 0.500. The van der Waals surface area contributed by atoms with Gasteiger partial charge in [0.1, 0.15) is 0 Å². The monoisotopic (exact) mass is 238 g/mol. The van der Waals surface area contributed by atoms with Crippen LogP contribution in [0.15, 0.2) is 24.3 Å². The van der Waals surface area contributed by atoms with Crippen LogP contribution in [0.4, 0.5) is 0 Å². The van der Waals surface area contributed by atoms with Crippen molar-refractivity contribution in [3.05, 3.63) is 35.4 Å². The Morgan fingerprint density at radius 3 is 2.62 bits per heavy atom. The minimum absolute atomic E-state index is 0.743. The van der Waals surface area contributed by atoms with Crippen LogP contribution >= 0.6 is 15.9 Å². The highest BCUT2D eigenvalue weighted by molar-refractivity contribution is 9.09. The van der Waals surface area contributed by atoms with Crippen molar-refractivity contribution in [2.24, 2.45) is 0 Å². The van der Waals surface area contributed by atoms with Crippen LogP contribution in [0, 0.1) is 0 Å². The third kappa shape index (κ3) is 1.67. The van der Waals surface area contributed by atoms with E-state index in [0.717, 1.165) is 17.2 Å². The van der Waals surface area contributed by atoms with Gasteiger partial charge < -0.3 is 0 Å². The molecule has 0 bridgehead atoms. The van der Waals surface area contributed by atoms with Crippen LogP contribution in [0.5, 0.6) is 0 Å². The summed E-state index contributed by atoms with van der Waals surface area (Å²) in [4.78, 5) is 0. The third-order valence-electron chi connectivity index (χ3n) is 3.10. The number of hydrogen-bond acceptors (Lipinski definition) is 0. The maximum Gasteiger partial charge on any atom is 0.0100 e. The first-order valence-electron chi connectivity index (χ1n) is 4.97. The maximum absolute atomic E-state index is 3.60. The third-order valence-corrected chi connectivity index (χ3v) is 3.88. The molecule has 0 aromatic heterocycles. The molecule has 1 aromatic rings. The SMILES string of the molecule is CC1CCC(CBr)c2ccccc21. The van der Waals surface area contributed by atoms with Gasteiger partial charge in [0.2, 0.25) is 0 Å². The Labute approximate surface area is 88.5 Å². The summed E-state index contributed by atoms with van der Waals surface area (Å²) in [5.74, 6) is 1.50. The molecule has 1 heteroatoms. The molecule has 0 heterocycles. The van der Waals surface area contributed by atoms with Crippen molar-refractivity contribution in [3.63, 3.8) is 0 Å². The van der Waals surface area contributed by atoms with E-state index < -0.39 is 0 Å². The second-order valence-electron chi connectivity index (χ2n) is 3.96. The van der Waals surface area contributed by atoms with Gasteiger partial charge in [-0.3, -0.25) is 0 Å². The molecule has 0 spiro atoms. The van der Waals surface area contributed by atoms with Gasteiger partial charge in [-0.15, -0.1) is 0 Å². The molecule has 0 nitrogen and oxygen atoms in total. The Hall–Kier alpha value is -0.300. The average Bonchev–Trinajstić information content (AvgIpc) is 2.19. The molecule has 1 aliphatic rings. The summed E-state index contributed by atoms with van der Waals surface area (Å²) >= 11 is 3.60. The van der Waals surface area contributed by atoms with Crippen LogP contribution in [-0.2, 0) is 0 Å². The number of rotatable bonds is 1. The van der Waals surface area contributed by atoms with E-state index in [2.05, 4.69) is 47.1 Å². The van der Waals surface area contributed by atoms with Crippen LogP contribution in [0.25, 0.3) is 0 Å². The van der Waals surface area contributed by atoms with E-state index in [1.165, 1.54) is 12.8 Å². The van der Waals surface area contributed by atoms with Gasteiger partial charge in [0.15, 0.2) is 0 Å². The first-order chi connectivity index (χ1) is 6.33. The molecule has 2 atom stereocenters. The van der Waals surface area contributed by atoms with Gasteiger partial charge in [-0.1, -0.05) is 47.1 Å². The number of benzene rings is 1. The molecule has 1 aromatic carbocycles. The van der Waals surface area contributed by atoms with Crippen molar-refractivity contribution >= 4 is 15.9 Å². The molecule has 1 aliphatic carbocycles. The topological polar surface area (TPSA) is 0 Å². The Balaban J connectivity index is 2.42. The molecule has 0 saturated carbocycles. The molecule has 0 fully saturated rings. The van der Waals surface area contributed by atoms with Gasteiger partial charge in [0, 0.05) is 5.33 Å². The number of fused-ring (bicyclic) bond motifs is 1. The van der Waals surface area contributed by atoms with E-state index in [0.29, 0.717) is 0 Å². The molecule has 13 heavy (non-hydrogen) atoms. The summed E-state index contributed by atoms with van der Waals surface area (Å²) in [6.45, 7) is 2.34. The smallest absolute Gasteiger partial charge is 0.0100 e. The van der Waals surface area contributed by atoms with E-state index in [1.54, 1.807) is 11.1 Å². The lowest BCUT2D eigenvalue weighted by Crippen LogP contribution is -2.13. The van der Waals surface area contributed by atoms with Crippen molar-refractivity contribution in [2.75, 3.05) is 5.33 Å². The van der Waals surface area contributed by atoms with Gasteiger partial charge in [0.25, 0.3) is 0 Å². The Kier molecular flexibility index (Phi) is 2.73. The van der Waals surface area contributed by atoms with E-state index in [1.807, 2.05) is 0 Å². The molecular formula is C12H15Br. The highest BCUT2D eigenvalue weighted by atomic mass is 79.9. The second kappa shape index (κ2) is 3.83. The largest absolute Gasteiger partial charge is 0.0921 e. The molecule has 0 saturated heterocycles. The minimum atomic E-state index is 0.743. The second-order valence-corrected chi connectivity index (χ2v) is 4.61.